The average molecular weight is 269 g/mol. The van der Waals surface area contributed by atoms with Gasteiger partial charge in [0.25, 0.3) is 5.56 Å². The molecule has 0 spiro atoms. The summed E-state index contributed by atoms with van der Waals surface area (Å²) in [4.78, 5) is 25.6. The molecule has 7 heteroatoms. The number of aryl methyl sites for hydroxylation is 2. The molecular formula is C11H13ClN4O2. The zero-order valence-electron chi connectivity index (χ0n) is 10.1. The molecule has 0 aliphatic carbocycles. The van der Waals surface area contributed by atoms with Gasteiger partial charge < -0.3 is 4.98 Å². The maximum atomic E-state index is 11.6. The van der Waals surface area contributed by atoms with Crippen molar-refractivity contribution in [1.82, 2.24) is 19.3 Å². The van der Waals surface area contributed by atoms with Gasteiger partial charge in [-0.3, -0.25) is 14.0 Å². The van der Waals surface area contributed by atoms with Crippen LogP contribution in [0.2, 0.25) is 5.02 Å². The zero-order valence-corrected chi connectivity index (χ0v) is 10.9. The van der Waals surface area contributed by atoms with Gasteiger partial charge in [-0.15, -0.1) is 0 Å². The molecule has 0 aromatic carbocycles. The molecule has 0 unspecified atom stereocenters. The van der Waals surface area contributed by atoms with Crippen LogP contribution in [0.5, 0.6) is 0 Å². The van der Waals surface area contributed by atoms with Crippen molar-refractivity contribution < 1.29 is 0 Å². The highest BCUT2D eigenvalue weighted by atomic mass is 35.5. The molecule has 0 aliphatic heterocycles. The third kappa shape index (κ3) is 2.11. The van der Waals surface area contributed by atoms with Gasteiger partial charge in [-0.25, -0.2) is 4.79 Å². The Kier molecular flexibility index (Phi) is 3.38. The Morgan fingerprint density at radius 3 is 2.72 bits per heavy atom. The maximum absolute atomic E-state index is 11.6. The predicted octanol–water partition coefficient (Wildman–Crippen LogP) is 0.534. The Hall–Kier alpha value is -1.82. The van der Waals surface area contributed by atoms with Crippen LogP contribution in [0.15, 0.2) is 21.9 Å². The number of aromatic amines is 1. The van der Waals surface area contributed by atoms with Gasteiger partial charge in [-0.1, -0.05) is 18.5 Å². The Morgan fingerprint density at radius 1 is 1.44 bits per heavy atom. The second kappa shape index (κ2) is 4.81. The molecule has 0 radical (unpaired) electrons. The van der Waals surface area contributed by atoms with E-state index in [4.69, 9.17) is 11.6 Å². The van der Waals surface area contributed by atoms with E-state index < -0.39 is 5.69 Å². The van der Waals surface area contributed by atoms with Crippen LogP contribution in [0.4, 0.5) is 0 Å². The number of hydrogen-bond acceptors (Lipinski definition) is 3. The predicted molar refractivity (Wildman–Crippen MR) is 68.0 cm³/mol. The number of nitrogens with one attached hydrogen (secondary N) is 1. The molecular weight excluding hydrogens is 256 g/mol. The van der Waals surface area contributed by atoms with Crippen molar-refractivity contribution in [1.29, 1.82) is 0 Å². The second-order valence-electron chi connectivity index (χ2n) is 3.89. The van der Waals surface area contributed by atoms with Gasteiger partial charge in [0, 0.05) is 19.3 Å². The summed E-state index contributed by atoms with van der Waals surface area (Å²) in [5.41, 5.74) is 0.578. The number of hydrogen-bond donors (Lipinski definition) is 1. The van der Waals surface area contributed by atoms with Crippen LogP contribution < -0.4 is 11.2 Å². The summed E-state index contributed by atoms with van der Waals surface area (Å²) in [6.45, 7) is 2.05. The molecule has 96 valence electrons. The van der Waals surface area contributed by atoms with Crippen molar-refractivity contribution in [3.63, 3.8) is 0 Å². The molecule has 0 atom stereocenters. The van der Waals surface area contributed by atoms with E-state index in [1.54, 1.807) is 11.7 Å². The van der Waals surface area contributed by atoms with Gasteiger partial charge >= 0.3 is 5.69 Å². The topological polar surface area (TPSA) is 72.7 Å². The first-order valence-electron chi connectivity index (χ1n) is 5.53. The van der Waals surface area contributed by atoms with Crippen molar-refractivity contribution in [3.05, 3.63) is 49.5 Å². The Bertz CT molecular complexity index is 655. The van der Waals surface area contributed by atoms with Crippen molar-refractivity contribution in [3.8, 4) is 0 Å². The molecule has 2 heterocycles. The summed E-state index contributed by atoms with van der Waals surface area (Å²) in [7, 11) is 1.74. The van der Waals surface area contributed by atoms with Gasteiger partial charge in [0.15, 0.2) is 0 Å². The summed E-state index contributed by atoms with van der Waals surface area (Å²) >= 11 is 6.17. The molecule has 0 saturated heterocycles. The fourth-order valence-corrected chi connectivity index (χ4v) is 2.10. The standard InChI is InChI=1S/C11H13ClN4O2/c1-3-7-10(12)8(15(2)14-7)6-16-9(17)4-5-13-11(16)18/h4-5H,3,6H2,1-2H3,(H,13,18). The van der Waals surface area contributed by atoms with Crippen molar-refractivity contribution in [2.45, 2.75) is 19.9 Å². The van der Waals surface area contributed by atoms with Crippen LogP contribution in [0.3, 0.4) is 0 Å². The van der Waals surface area contributed by atoms with E-state index in [0.717, 1.165) is 10.3 Å². The molecule has 0 bridgehead atoms. The van der Waals surface area contributed by atoms with Crippen LogP contribution in [0.1, 0.15) is 18.3 Å². The lowest BCUT2D eigenvalue weighted by molar-refractivity contribution is 0.626. The molecule has 0 fully saturated rings. The molecule has 0 saturated carbocycles. The van der Waals surface area contributed by atoms with Crippen molar-refractivity contribution >= 4 is 11.6 Å². The third-order valence-electron chi connectivity index (χ3n) is 2.75. The zero-order chi connectivity index (χ0) is 13.3. The fraction of sp³-hybridized carbons (Fsp3) is 0.364. The highest BCUT2D eigenvalue weighted by Gasteiger charge is 2.14. The lowest BCUT2D eigenvalue weighted by atomic mass is 10.3. The van der Waals surface area contributed by atoms with Crippen LogP contribution in [-0.2, 0) is 20.0 Å². The lowest BCUT2D eigenvalue weighted by Crippen LogP contribution is -2.34. The molecule has 18 heavy (non-hydrogen) atoms. The van der Waals surface area contributed by atoms with Gasteiger partial charge in [0.05, 0.1) is 23.0 Å². The third-order valence-corrected chi connectivity index (χ3v) is 3.19. The van der Waals surface area contributed by atoms with E-state index in [-0.39, 0.29) is 12.1 Å². The van der Waals surface area contributed by atoms with Crippen molar-refractivity contribution in [2.24, 2.45) is 7.05 Å². The lowest BCUT2D eigenvalue weighted by Gasteiger charge is -2.04. The molecule has 1 N–H and O–H groups in total. The first kappa shape index (κ1) is 12.6. The van der Waals surface area contributed by atoms with Gasteiger partial charge in [0.1, 0.15) is 0 Å². The molecule has 6 nitrogen and oxygen atoms in total. The van der Waals surface area contributed by atoms with Gasteiger partial charge in [-0.2, -0.15) is 5.10 Å². The monoisotopic (exact) mass is 268 g/mol. The normalized spacial score (nSPS) is 10.8. The van der Waals surface area contributed by atoms with Gasteiger partial charge in [-0.05, 0) is 6.42 Å². The minimum atomic E-state index is -0.460. The van der Waals surface area contributed by atoms with Crippen molar-refractivity contribution in [2.75, 3.05) is 0 Å². The summed E-state index contributed by atoms with van der Waals surface area (Å²) in [6.07, 6.45) is 2.02. The molecule has 2 aromatic rings. The number of aromatic nitrogens is 4. The number of nitrogens with zero attached hydrogens (tertiary/aromatic N) is 3. The minimum absolute atomic E-state index is 0.108. The SMILES string of the molecule is CCc1nn(C)c(Cn2c(=O)cc[nH]c2=O)c1Cl. The Labute approximate surface area is 108 Å². The largest absolute Gasteiger partial charge is 0.328 e. The highest BCUT2D eigenvalue weighted by Crippen LogP contribution is 2.20. The number of halogens is 1. The van der Waals surface area contributed by atoms with Crippen LogP contribution in [0.25, 0.3) is 0 Å². The van der Waals surface area contributed by atoms with Crippen LogP contribution >= 0.6 is 11.6 Å². The Balaban J connectivity index is 2.50. The molecule has 0 aliphatic rings. The molecule has 2 aromatic heterocycles. The van der Waals surface area contributed by atoms with E-state index in [2.05, 4.69) is 10.1 Å². The van der Waals surface area contributed by atoms with E-state index in [1.165, 1.54) is 12.3 Å². The minimum Gasteiger partial charge on any atom is -0.314 e. The van der Waals surface area contributed by atoms with Crippen LogP contribution in [-0.4, -0.2) is 19.3 Å². The first-order chi connectivity index (χ1) is 8.54. The van der Waals surface area contributed by atoms with E-state index in [0.29, 0.717) is 17.1 Å². The Morgan fingerprint density at radius 2 is 2.17 bits per heavy atom. The second-order valence-corrected chi connectivity index (χ2v) is 4.27. The smallest absolute Gasteiger partial charge is 0.314 e. The number of H-pyrrole nitrogens is 1. The molecule has 0 amide bonds. The van der Waals surface area contributed by atoms with E-state index >= 15 is 0 Å². The molecule has 2 rings (SSSR count). The summed E-state index contributed by atoms with van der Waals surface area (Å²) in [5, 5.41) is 4.75. The summed E-state index contributed by atoms with van der Waals surface area (Å²) in [5.74, 6) is 0. The maximum Gasteiger partial charge on any atom is 0.328 e. The van der Waals surface area contributed by atoms with Gasteiger partial charge in [0.2, 0.25) is 0 Å². The van der Waals surface area contributed by atoms with E-state index in [9.17, 15) is 9.59 Å². The average Bonchev–Trinajstić information content (AvgIpc) is 2.60. The quantitative estimate of drug-likeness (QED) is 0.883. The van der Waals surface area contributed by atoms with Crippen LogP contribution in [0, 0.1) is 0 Å². The summed E-state index contributed by atoms with van der Waals surface area (Å²) in [6, 6.07) is 1.30. The highest BCUT2D eigenvalue weighted by molar-refractivity contribution is 6.31. The van der Waals surface area contributed by atoms with E-state index in [1.807, 2.05) is 6.92 Å². The fourth-order valence-electron chi connectivity index (χ4n) is 1.74. The number of rotatable bonds is 3. The first-order valence-corrected chi connectivity index (χ1v) is 5.91. The summed E-state index contributed by atoms with van der Waals surface area (Å²) < 4.78 is 2.68.